The van der Waals surface area contributed by atoms with E-state index in [0.29, 0.717) is 12.0 Å². The minimum absolute atomic E-state index is 0.0689. The van der Waals surface area contributed by atoms with Crippen molar-refractivity contribution in [3.63, 3.8) is 0 Å². The summed E-state index contributed by atoms with van der Waals surface area (Å²) in [6, 6.07) is 7.32. The summed E-state index contributed by atoms with van der Waals surface area (Å²) in [6.45, 7) is 2.85. The van der Waals surface area contributed by atoms with E-state index in [-0.39, 0.29) is 5.78 Å². The van der Waals surface area contributed by atoms with Crippen LogP contribution < -0.4 is 4.74 Å². The number of unbranched alkanes of at least 4 members (excludes halogenated alkanes) is 1. The Balaban J connectivity index is 1.95. The Kier molecular flexibility index (Phi) is 4.93. The molecule has 2 aromatic rings. The van der Waals surface area contributed by atoms with Gasteiger partial charge in [-0.1, -0.05) is 13.3 Å². The lowest BCUT2D eigenvalue weighted by Crippen LogP contribution is -2.08. The number of aryl methyl sites for hydroxylation is 1. The molecular weight excluding hydrogens is 252 g/mol. The van der Waals surface area contributed by atoms with Gasteiger partial charge in [-0.2, -0.15) is 0 Å². The van der Waals surface area contributed by atoms with Crippen molar-refractivity contribution in [2.24, 2.45) is 7.05 Å². The Hall–Kier alpha value is -2.10. The molecule has 0 saturated heterocycles. The van der Waals surface area contributed by atoms with Crippen LogP contribution in [0, 0.1) is 0 Å². The molecule has 0 aliphatic carbocycles. The average molecular weight is 272 g/mol. The number of hydrogen-bond donors (Lipinski definition) is 0. The van der Waals surface area contributed by atoms with Crippen LogP contribution in [0.3, 0.4) is 0 Å². The van der Waals surface area contributed by atoms with Crippen molar-refractivity contribution in [1.82, 2.24) is 9.55 Å². The summed E-state index contributed by atoms with van der Waals surface area (Å²) in [4.78, 5) is 16.3. The fourth-order valence-electron chi connectivity index (χ4n) is 1.88. The van der Waals surface area contributed by atoms with Crippen molar-refractivity contribution < 1.29 is 9.53 Å². The lowest BCUT2D eigenvalue weighted by molar-refractivity contribution is 0.0990. The molecule has 0 radical (unpaired) electrons. The van der Waals surface area contributed by atoms with Crippen LogP contribution in [-0.4, -0.2) is 21.9 Å². The molecule has 0 atom stereocenters. The highest BCUT2D eigenvalue weighted by molar-refractivity contribution is 5.97. The number of ketones is 1. The largest absolute Gasteiger partial charge is 0.494 e. The fourth-order valence-corrected chi connectivity index (χ4v) is 1.88. The summed E-state index contributed by atoms with van der Waals surface area (Å²) in [5, 5.41) is 0. The first-order valence-corrected chi connectivity index (χ1v) is 6.93. The van der Waals surface area contributed by atoms with Crippen molar-refractivity contribution in [1.29, 1.82) is 0 Å². The van der Waals surface area contributed by atoms with Gasteiger partial charge in [-0.25, -0.2) is 4.98 Å². The van der Waals surface area contributed by atoms with Gasteiger partial charge in [0.25, 0.3) is 0 Å². The highest BCUT2D eigenvalue weighted by atomic mass is 16.5. The molecule has 0 amide bonds. The van der Waals surface area contributed by atoms with Gasteiger partial charge in [-0.3, -0.25) is 4.79 Å². The van der Waals surface area contributed by atoms with E-state index in [1.54, 1.807) is 6.20 Å². The zero-order valence-corrected chi connectivity index (χ0v) is 12.0. The maximum absolute atomic E-state index is 12.1. The first kappa shape index (κ1) is 14.3. The standard InChI is InChI=1S/C16H20N2O2/c1-3-4-11-20-14-7-5-13(6-8-14)15(19)12-16-17-9-10-18(16)2/h5-10H,3-4,11-12H2,1-2H3. The molecule has 1 aromatic carbocycles. The van der Waals surface area contributed by atoms with Gasteiger partial charge >= 0.3 is 0 Å². The van der Waals surface area contributed by atoms with E-state index in [9.17, 15) is 4.79 Å². The number of rotatable bonds is 7. The lowest BCUT2D eigenvalue weighted by atomic mass is 10.1. The molecule has 0 fully saturated rings. The number of ether oxygens (including phenoxy) is 1. The number of carbonyl (C=O) groups excluding carboxylic acids is 1. The Morgan fingerprint density at radius 3 is 2.65 bits per heavy atom. The summed E-state index contributed by atoms with van der Waals surface area (Å²) in [5.74, 6) is 1.66. The Labute approximate surface area is 119 Å². The number of imidazole rings is 1. The molecule has 2 rings (SSSR count). The average Bonchev–Trinajstić information content (AvgIpc) is 2.85. The van der Waals surface area contributed by atoms with Crippen LogP contribution >= 0.6 is 0 Å². The first-order valence-electron chi connectivity index (χ1n) is 6.93. The van der Waals surface area contributed by atoms with Crippen LogP contribution in [0.1, 0.15) is 35.9 Å². The molecule has 1 aromatic heterocycles. The molecule has 0 saturated carbocycles. The van der Waals surface area contributed by atoms with E-state index in [2.05, 4.69) is 11.9 Å². The third-order valence-corrected chi connectivity index (χ3v) is 3.18. The molecule has 4 nitrogen and oxygen atoms in total. The number of aromatic nitrogens is 2. The highest BCUT2D eigenvalue weighted by Gasteiger charge is 2.10. The van der Waals surface area contributed by atoms with E-state index in [1.165, 1.54) is 0 Å². The van der Waals surface area contributed by atoms with E-state index in [1.807, 2.05) is 42.1 Å². The number of nitrogens with zero attached hydrogens (tertiary/aromatic N) is 2. The van der Waals surface area contributed by atoms with E-state index in [0.717, 1.165) is 31.0 Å². The summed E-state index contributed by atoms with van der Waals surface area (Å²) < 4.78 is 7.44. The second kappa shape index (κ2) is 6.89. The molecule has 0 unspecified atom stereocenters. The van der Waals surface area contributed by atoms with Gasteiger partial charge in [-0.05, 0) is 30.7 Å². The van der Waals surface area contributed by atoms with Crippen LogP contribution in [-0.2, 0) is 13.5 Å². The summed E-state index contributed by atoms with van der Waals surface area (Å²) in [5.41, 5.74) is 0.691. The third-order valence-electron chi connectivity index (χ3n) is 3.18. The normalized spacial score (nSPS) is 10.5. The smallest absolute Gasteiger partial charge is 0.170 e. The molecule has 20 heavy (non-hydrogen) atoms. The van der Waals surface area contributed by atoms with Gasteiger partial charge in [0, 0.05) is 25.0 Å². The van der Waals surface area contributed by atoms with Crippen molar-refractivity contribution in [3.8, 4) is 5.75 Å². The number of Topliss-reactive ketones (excluding diaryl/α,β-unsaturated/α-hetero) is 1. The SMILES string of the molecule is CCCCOc1ccc(C(=O)Cc2nccn2C)cc1. The molecule has 0 bridgehead atoms. The second-order valence-electron chi connectivity index (χ2n) is 4.78. The van der Waals surface area contributed by atoms with Crippen LogP contribution in [0.4, 0.5) is 0 Å². The zero-order valence-electron chi connectivity index (χ0n) is 12.0. The van der Waals surface area contributed by atoms with E-state index >= 15 is 0 Å². The fraction of sp³-hybridized carbons (Fsp3) is 0.375. The highest BCUT2D eigenvalue weighted by Crippen LogP contribution is 2.14. The van der Waals surface area contributed by atoms with Gasteiger partial charge in [0.15, 0.2) is 5.78 Å². The van der Waals surface area contributed by atoms with E-state index < -0.39 is 0 Å². The summed E-state index contributed by atoms with van der Waals surface area (Å²) in [7, 11) is 1.89. The van der Waals surface area contributed by atoms with Gasteiger partial charge in [0.05, 0.1) is 13.0 Å². The third kappa shape index (κ3) is 3.70. The molecule has 0 spiro atoms. The Morgan fingerprint density at radius 1 is 1.30 bits per heavy atom. The van der Waals surface area contributed by atoms with Gasteiger partial charge in [0.1, 0.15) is 11.6 Å². The molecule has 0 aliphatic heterocycles. The number of hydrogen-bond acceptors (Lipinski definition) is 3. The molecule has 106 valence electrons. The number of benzene rings is 1. The van der Waals surface area contributed by atoms with Crippen LogP contribution in [0.2, 0.25) is 0 Å². The van der Waals surface area contributed by atoms with E-state index in [4.69, 9.17) is 4.74 Å². The first-order chi connectivity index (χ1) is 9.70. The minimum atomic E-state index is 0.0689. The van der Waals surface area contributed by atoms with Crippen molar-refractivity contribution in [2.45, 2.75) is 26.2 Å². The molecular formula is C16H20N2O2. The molecule has 0 N–H and O–H groups in total. The van der Waals surface area contributed by atoms with Crippen LogP contribution in [0.5, 0.6) is 5.75 Å². The Bertz CT molecular complexity index is 558. The predicted molar refractivity (Wildman–Crippen MR) is 78.1 cm³/mol. The summed E-state index contributed by atoms with van der Waals surface area (Å²) >= 11 is 0. The van der Waals surface area contributed by atoms with Gasteiger partial charge in [0.2, 0.25) is 0 Å². The maximum Gasteiger partial charge on any atom is 0.170 e. The van der Waals surface area contributed by atoms with Crippen molar-refractivity contribution in [3.05, 3.63) is 48.0 Å². The van der Waals surface area contributed by atoms with Crippen LogP contribution in [0.15, 0.2) is 36.7 Å². The van der Waals surface area contributed by atoms with Crippen LogP contribution in [0.25, 0.3) is 0 Å². The zero-order chi connectivity index (χ0) is 14.4. The van der Waals surface area contributed by atoms with Gasteiger partial charge < -0.3 is 9.30 Å². The predicted octanol–water partition coefficient (Wildman–Crippen LogP) is 3.02. The monoisotopic (exact) mass is 272 g/mol. The Morgan fingerprint density at radius 2 is 2.05 bits per heavy atom. The quantitative estimate of drug-likeness (QED) is 0.575. The lowest BCUT2D eigenvalue weighted by Gasteiger charge is -2.06. The second-order valence-corrected chi connectivity index (χ2v) is 4.78. The number of carbonyl (C=O) groups is 1. The topological polar surface area (TPSA) is 44.1 Å². The molecule has 1 heterocycles. The minimum Gasteiger partial charge on any atom is -0.494 e. The van der Waals surface area contributed by atoms with Gasteiger partial charge in [-0.15, -0.1) is 0 Å². The van der Waals surface area contributed by atoms with Crippen molar-refractivity contribution >= 4 is 5.78 Å². The molecule has 0 aliphatic rings. The maximum atomic E-state index is 12.1. The summed E-state index contributed by atoms with van der Waals surface area (Å²) in [6.07, 6.45) is 6.01. The molecule has 4 heteroatoms. The van der Waals surface area contributed by atoms with Crippen molar-refractivity contribution in [2.75, 3.05) is 6.61 Å².